The van der Waals surface area contributed by atoms with Crippen LogP contribution in [-0.2, 0) is 12.7 Å². The number of alkyl halides is 3. The second-order valence-electron chi connectivity index (χ2n) is 4.07. The number of hydrogen-bond donors (Lipinski definition) is 1. The molecule has 0 bridgehead atoms. The van der Waals surface area contributed by atoms with E-state index in [0.717, 1.165) is 12.1 Å². The molecule has 0 saturated carbocycles. The van der Waals surface area contributed by atoms with Crippen molar-refractivity contribution in [2.75, 3.05) is 17.7 Å². The van der Waals surface area contributed by atoms with E-state index in [2.05, 4.69) is 4.98 Å². The molecule has 0 aliphatic carbocycles. The molecule has 0 radical (unpaired) electrons. The van der Waals surface area contributed by atoms with Crippen LogP contribution in [0.2, 0.25) is 0 Å². The quantitative estimate of drug-likeness (QED) is 0.932. The van der Waals surface area contributed by atoms with Gasteiger partial charge >= 0.3 is 6.18 Å². The van der Waals surface area contributed by atoms with Gasteiger partial charge in [-0.25, -0.2) is 4.98 Å². The minimum absolute atomic E-state index is 0.142. The summed E-state index contributed by atoms with van der Waals surface area (Å²) in [5, 5.41) is 0. The van der Waals surface area contributed by atoms with Gasteiger partial charge in [-0.3, -0.25) is 0 Å². The third-order valence-electron chi connectivity index (χ3n) is 2.52. The lowest BCUT2D eigenvalue weighted by molar-refractivity contribution is -0.137. The van der Waals surface area contributed by atoms with Crippen molar-refractivity contribution >= 4 is 11.6 Å². The largest absolute Gasteiger partial charge is 0.467 e. The number of aromatic nitrogens is 1. The van der Waals surface area contributed by atoms with Gasteiger partial charge in [0.25, 0.3) is 0 Å². The van der Waals surface area contributed by atoms with Gasteiger partial charge in [0.05, 0.1) is 18.4 Å². The molecule has 2 aromatic heterocycles. The summed E-state index contributed by atoms with van der Waals surface area (Å²) in [5.74, 6) is 0.597. The molecule has 0 fully saturated rings. The maximum absolute atomic E-state index is 12.7. The van der Waals surface area contributed by atoms with Crippen LogP contribution in [0.4, 0.5) is 24.8 Å². The van der Waals surface area contributed by atoms with Gasteiger partial charge in [0, 0.05) is 7.05 Å². The highest BCUT2D eigenvalue weighted by Gasteiger charge is 2.31. The molecule has 2 heterocycles. The maximum Gasteiger partial charge on any atom is 0.416 e. The molecule has 0 aromatic carbocycles. The molecule has 0 atom stereocenters. The molecule has 2 rings (SSSR count). The molecular weight excluding hydrogens is 259 g/mol. The topological polar surface area (TPSA) is 55.3 Å². The van der Waals surface area contributed by atoms with Gasteiger partial charge in [0.15, 0.2) is 0 Å². The molecule has 4 nitrogen and oxygen atoms in total. The first-order valence-corrected chi connectivity index (χ1v) is 5.44. The second kappa shape index (κ2) is 4.83. The van der Waals surface area contributed by atoms with E-state index in [9.17, 15) is 13.2 Å². The van der Waals surface area contributed by atoms with Gasteiger partial charge in [0.2, 0.25) is 0 Å². The van der Waals surface area contributed by atoms with Crippen LogP contribution in [0, 0.1) is 0 Å². The van der Waals surface area contributed by atoms with Crippen LogP contribution in [-0.4, -0.2) is 12.0 Å². The number of pyridine rings is 1. The zero-order chi connectivity index (χ0) is 14.0. The lowest BCUT2D eigenvalue weighted by Gasteiger charge is -2.18. The van der Waals surface area contributed by atoms with Crippen molar-refractivity contribution in [3.05, 3.63) is 41.9 Å². The lowest BCUT2D eigenvalue weighted by Crippen LogP contribution is -2.19. The van der Waals surface area contributed by atoms with Crippen LogP contribution in [0.5, 0.6) is 0 Å². The third kappa shape index (κ3) is 3.18. The van der Waals surface area contributed by atoms with E-state index in [4.69, 9.17) is 10.2 Å². The summed E-state index contributed by atoms with van der Waals surface area (Å²) in [6.45, 7) is 0.306. The Morgan fingerprint density at radius 2 is 2.11 bits per heavy atom. The first-order valence-electron chi connectivity index (χ1n) is 5.44. The summed E-state index contributed by atoms with van der Waals surface area (Å²) >= 11 is 0. The summed E-state index contributed by atoms with van der Waals surface area (Å²) in [4.78, 5) is 5.42. The zero-order valence-electron chi connectivity index (χ0n) is 10.1. The Morgan fingerprint density at radius 1 is 1.37 bits per heavy atom. The van der Waals surface area contributed by atoms with E-state index in [1.807, 2.05) is 0 Å². The summed E-state index contributed by atoms with van der Waals surface area (Å²) < 4.78 is 43.1. The van der Waals surface area contributed by atoms with Gasteiger partial charge in [-0.05, 0) is 24.3 Å². The summed E-state index contributed by atoms with van der Waals surface area (Å²) in [5.41, 5.74) is 4.59. The fourth-order valence-electron chi connectivity index (χ4n) is 1.61. The maximum atomic E-state index is 12.7. The van der Waals surface area contributed by atoms with Gasteiger partial charge in [-0.2, -0.15) is 13.2 Å². The molecule has 2 aromatic rings. The first kappa shape index (κ1) is 13.3. The third-order valence-corrected chi connectivity index (χ3v) is 2.52. The van der Waals surface area contributed by atoms with E-state index >= 15 is 0 Å². The highest BCUT2D eigenvalue weighted by molar-refractivity contribution is 5.48. The van der Waals surface area contributed by atoms with E-state index in [-0.39, 0.29) is 11.6 Å². The van der Waals surface area contributed by atoms with Crippen LogP contribution in [0.1, 0.15) is 11.3 Å². The second-order valence-corrected chi connectivity index (χ2v) is 4.07. The normalized spacial score (nSPS) is 11.6. The van der Waals surface area contributed by atoms with Gasteiger partial charge in [-0.15, -0.1) is 0 Å². The number of nitrogens with two attached hydrogens (primary N) is 1. The summed E-state index contributed by atoms with van der Waals surface area (Å²) in [6, 6.07) is 5.20. The fourth-order valence-corrected chi connectivity index (χ4v) is 1.61. The number of nitrogen functional groups attached to an aromatic ring is 1. The van der Waals surface area contributed by atoms with E-state index < -0.39 is 11.7 Å². The average molecular weight is 271 g/mol. The number of nitrogens with zero attached hydrogens (tertiary/aromatic N) is 2. The predicted molar refractivity (Wildman–Crippen MR) is 64.5 cm³/mol. The highest BCUT2D eigenvalue weighted by atomic mass is 19.4. The number of anilines is 2. The van der Waals surface area contributed by atoms with E-state index in [1.54, 1.807) is 19.2 Å². The molecule has 0 saturated heterocycles. The minimum atomic E-state index is -4.45. The summed E-state index contributed by atoms with van der Waals surface area (Å²) in [7, 11) is 1.62. The van der Waals surface area contributed by atoms with Crippen molar-refractivity contribution in [2.24, 2.45) is 0 Å². The Labute approximate surface area is 107 Å². The molecule has 2 N–H and O–H groups in total. The zero-order valence-corrected chi connectivity index (χ0v) is 10.1. The van der Waals surface area contributed by atoms with Crippen molar-refractivity contribution in [1.29, 1.82) is 0 Å². The van der Waals surface area contributed by atoms with Crippen LogP contribution in [0.3, 0.4) is 0 Å². The first-order chi connectivity index (χ1) is 8.86. The van der Waals surface area contributed by atoms with Gasteiger partial charge < -0.3 is 15.1 Å². The van der Waals surface area contributed by atoms with Crippen molar-refractivity contribution in [3.63, 3.8) is 0 Å². The van der Waals surface area contributed by atoms with Crippen LogP contribution in [0.25, 0.3) is 0 Å². The molecule has 7 heteroatoms. The van der Waals surface area contributed by atoms with Crippen molar-refractivity contribution in [2.45, 2.75) is 12.7 Å². The Morgan fingerprint density at radius 3 is 2.68 bits per heavy atom. The Balaban J connectivity index is 2.26. The van der Waals surface area contributed by atoms with E-state index in [0.29, 0.717) is 12.3 Å². The average Bonchev–Trinajstić information content (AvgIpc) is 2.79. The van der Waals surface area contributed by atoms with Crippen LogP contribution < -0.4 is 10.6 Å². The Bertz CT molecular complexity index is 552. The Kier molecular flexibility index (Phi) is 3.37. The number of rotatable bonds is 3. The smallest absolute Gasteiger partial charge is 0.416 e. The van der Waals surface area contributed by atoms with Gasteiger partial charge in [-0.1, -0.05) is 0 Å². The molecule has 0 aliphatic rings. The molecule has 0 amide bonds. The van der Waals surface area contributed by atoms with Crippen LogP contribution in [0.15, 0.2) is 34.9 Å². The van der Waals surface area contributed by atoms with Crippen molar-refractivity contribution < 1.29 is 17.6 Å². The van der Waals surface area contributed by atoms with Gasteiger partial charge in [0.1, 0.15) is 17.4 Å². The molecule has 0 spiro atoms. The summed E-state index contributed by atoms with van der Waals surface area (Å²) in [6.07, 6.45) is -2.95. The fraction of sp³-hybridized carbons (Fsp3) is 0.250. The lowest BCUT2D eigenvalue weighted by atomic mass is 10.2. The molecule has 102 valence electrons. The number of halogens is 3. The number of furan rings is 1. The van der Waals surface area contributed by atoms with Crippen molar-refractivity contribution in [3.8, 4) is 0 Å². The minimum Gasteiger partial charge on any atom is -0.467 e. The number of hydrogen-bond acceptors (Lipinski definition) is 4. The van der Waals surface area contributed by atoms with E-state index in [1.165, 1.54) is 11.2 Å². The predicted octanol–water partition coefficient (Wildman–Crippen LogP) is 2.91. The monoisotopic (exact) mass is 271 g/mol. The molecule has 19 heavy (non-hydrogen) atoms. The molecular formula is C12H12F3N3O. The SMILES string of the molecule is CN(Cc1ccco1)c1cc(C(F)(F)F)cc(N)n1. The molecule has 0 aliphatic heterocycles. The molecule has 0 unspecified atom stereocenters. The standard InChI is InChI=1S/C12H12F3N3O/c1-18(7-9-3-2-4-19-9)11-6-8(12(13,14)15)5-10(16)17-11/h2-6H,7H2,1H3,(H2,16,17). The van der Waals surface area contributed by atoms with Crippen LogP contribution >= 0.6 is 0 Å². The Hall–Kier alpha value is -2.18. The highest BCUT2D eigenvalue weighted by Crippen LogP contribution is 2.32. The van der Waals surface area contributed by atoms with Crippen molar-refractivity contribution in [1.82, 2.24) is 4.98 Å².